The number of hydrogen-bond donors (Lipinski definition) is 1. The number of rotatable bonds is 5. The predicted octanol–water partition coefficient (Wildman–Crippen LogP) is 5.00. The molecule has 1 aromatic carbocycles. The summed E-state index contributed by atoms with van der Waals surface area (Å²) in [6.07, 6.45) is 6.48. The molecule has 3 unspecified atom stereocenters. The van der Waals surface area contributed by atoms with E-state index < -0.39 is 0 Å². The van der Waals surface area contributed by atoms with Crippen molar-refractivity contribution in [1.82, 2.24) is 5.32 Å². The summed E-state index contributed by atoms with van der Waals surface area (Å²) in [5.74, 6) is 1.63. The van der Waals surface area contributed by atoms with Crippen molar-refractivity contribution in [2.45, 2.75) is 58.9 Å². The number of benzene rings is 1. The molecular formula is C18H28ClN. The van der Waals surface area contributed by atoms with E-state index in [4.69, 9.17) is 11.6 Å². The lowest BCUT2D eigenvalue weighted by atomic mass is 9.74. The molecule has 0 aliphatic heterocycles. The topological polar surface area (TPSA) is 12.0 Å². The molecule has 1 nitrogen and oxygen atoms in total. The molecular weight excluding hydrogens is 266 g/mol. The van der Waals surface area contributed by atoms with Gasteiger partial charge in [0.15, 0.2) is 0 Å². The van der Waals surface area contributed by atoms with Gasteiger partial charge in [0, 0.05) is 11.1 Å². The van der Waals surface area contributed by atoms with Crippen LogP contribution in [0.4, 0.5) is 0 Å². The van der Waals surface area contributed by atoms with Crippen LogP contribution in [0, 0.1) is 18.8 Å². The molecule has 0 bridgehead atoms. The van der Waals surface area contributed by atoms with Crippen LogP contribution in [0.1, 0.15) is 50.7 Å². The van der Waals surface area contributed by atoms with Crippen LogP contribution >= 0.6 is 11.6 Å². The van der Waals surface area contributed by atoms with Gasteiger partial charge in [-0.3, -0.25) is 0 Å². The highest BCUT2D eigenvalue weighted by molar-refractivity contribution is 6.31. The zero-order valence-electron chi connectivity index (χ0n) is 13.1. The minimum absolute atomic E-state index is 0.667. The summed E-state index contributed by atoms with van der Waals surface area (Å²) < 4.78 is 0. The third-order valence-corrected chi connectivity index (χ3v) is 5.18. The van der Waals surface area contributed by atoms with Crippen molar-refractivity contribution in [1.29, 1.82) is 0 Å². The van der Waals surface area contributed by atoms with Gasteiger partial charge in [0.05, 0.1) is 0 Å². The van der Waals surface area contributed by atoms with Crippen molar-refractivity contribution in [3.8, 4) is 0 Å². The molecule has 1 aromatic rings. The van der Waals surface area contributed by atoms with Crippen LogP contribution in [0.3, 0.4) is 0 Å². The summed E-state index contributed by atoms with van der Waals surface area (Å²) in [7, 11) is 0. The maximum atomic E-state index is 6.42. The van der Waals surface area contributed by atoms with Gasteiger partial charge in [0.2, 0.25) is 0 Å². The maximum absolute atomic E-state index is 6.42. The SMILES string of the molecule is CCNC1CCC(CC)CC1Cc1ccc(C)cc1Cl. The monoisotopic (exact) mass is 293 g/mol. The molecule has 1 N–H and O–H groups in total. The highest BCUT2D eigenvalue weighted by atomic mass is 35.5. The van der Waals surface area contributed by atoms with Gasteiger partial charge in [-0.1, -0.05) is 44.0 Å². The lowest BCUT2D eigenvalue weighted by Gasteiger charge is -2.36. The first-order chi connectivity index (χ1) is 9.63. The Morgan fingerprint density at radius 1 is 1.25 bits per heavy atom. The third-order valence-electron chi connectivity index (χ3n) is 4.83. The van der Waals surface area contributed by atoms with Crippen molar-refractivity contribution in [2.24, 2.45) is 11.8 Å². The Balaban J connectivity index is 2.09. The van der Waals surface area contributed by atoms with Gasteiger partial charge in [-0.05, 0) is 68.2 Å². The molecule has 0 heterocycles. The molecule has 20 heavy (non-hydrogen) atoms. The molecule has 0 aromatic heterocycles. The molecule has 3 atom stereocenters. The molecule has 1 saturated carbocycles. The van der Waals surface area contributed by atoms with E-state index in [0.717, 1.165) is 29.8 Å². The molecule has 1 aliphatic carbocycles. The summed E-state index contributed by atoms with van der Waals surface area (Å²) in [4.78, 5) is 0. The molecule has 0 saturated heterocycles. The zero-order valence-corrected chi connectivity index (χ0v) is 13.8. The summed E-state index contributed by atoms with van der Waals surface area (Å²) in [5, 5.41) is 4.63. The normalized spacial score (nSPS) is 26.7. The fourth-order valence-corrected chi connectivity index (χ4v) is 3.90. The first-order valence-electron chi connectivity index (χ1n) is 8.12. The van der Waals surface area contributed by atoms with E-state index in [-0.39, 0.29) is 0 Å². The van der Waals surface area contributed by atoms with Crippen LogP contribution in [-0.4, -0.2) is 12.6 Å². The van der Waals surface area contributed by atoms with Crippen molar-refractivity contribution >= 4 is 11.6 Å². The smallest absolute Gasteiger partial charge is 0.0440 e. The second-order valence-corrected chi connectivity index (χ2v) is 6.72. The Labute approximate surface area is 129 Å². The predicted molar refractivity (Wildman–Crippen MR) is 88.5 cm³/mol. The van der Waals surface area contributed by atoms with Gasteiger partial charge in [-0.15, -0.1) is 0 Å². The van der Waals surface area contributed by atoms with Gasteiger partial charge in [-0.25, -0.2) is 0 Å². The lowest BCUT2D eigenvalue weighted by Crippen LogP contribution is -2.41. The second-order valence-electron chi connectivity index (χ2n) is 6.31. The molecule has 0 radical (unpaired) electrons. The number of nitrogens with one attached hydrogen (secondary N) is 1. The van der Waals surface area contributed by atoms with E-state index in [1.165, 1.54) is 36.8 Å². The van der Waals surface area contributed by atoms with Crippen molar-refractivity contribution in [3.63, 3.8) is 0 Å². The van der Waals surface area contributed by atoms with E-state index in [1.54, 1.807) is 0 Å². The van der Waals surface area contributed by atoms with E-state index in [1.807, 2.05) is 0 Å². The quantitative estimate of drug-likeness (QED) is 0.806. The number of halogens is 1. The molecule has 2 heteroatoms. The summed E-state index contributed by atoms with van der Waals surface area (Å²) in [6, 6.07) is 7.17. The first-order valence-corrected chi connectivity index (χ1v) is 8.50. The van der Waals surface area contributed by atoms with E-state index >= 15 is 0 Å². The average Bonchev–Trinajstić information content (AvgIpc) is 2.44. The van der Waals surface area contributed by atoms with E-state index in [2.05, 4.69) is 44.3 Å². The Morgan fingerprint density at radius 2 is 2.05 bits per heavy atom. The summed E-state index contributed by atoms with van der Waals surface area (Å²) >= 11 is 6.42. The minimum Gasteiger partial charge on any atom is -0.314 e. The first kappa shape index (κ1) is 15.9. The summed E-state index contributed by atoms with van der Waals surface area (Å²) in [6.45, 7) is 7.71. The van der Waals surface area contributed by atoms with Gasteiger partial charge in [0.1, 0.15) is 0 Å². The van der Waals surface area contributed by atoms with Gasteiger partial charge >= 0.3 is 0 Å². The summed E-state index contributed by atoms with van der Waals surface area (Å²) in [5.41, 5.74) is 2.57. The Bertz CT molecular complexity index is 429. The van der Waals surface area contributed by atoms with Crippen LogP contribution in [0.5, 0.6) is 0 Å². The fraction of sp³-hybridized carbons (Fsp3) is 0.667. The van der Waals surface area contributed by atoms with E-state index in [0.29, 0.717) is 6.04 Å². The van der Waals surface area contributed by atoms with Crippen molar-refractivity contribution in [2.75, 3.05) is 6.54 Å². The Hall–Kier alpha value is -0.530. The lowest BCUT2D eigenvalue weighted by molar-refractivity contribution is 0.200. The highest BCUT2D eigenvalue weighted by Gasteiger charge is 2.29. The van der Waals surface area contributed by atoms with Crippen LogP contribution in [-0.2, 0) is 6.42 Å². The Kier molecular flexibility index (Phi) is 5.92. The largest absolute Gasteiger partial charge is 0.314 e. The number of aryl methyl sites for hydroxylation is 1. The third kappa shape index (κ3) is 3.99. The van der Waals surface area contributed by atoms with Gasteiger partial charge in [0.25, 0.3) is 0 Å². The van der Waals surface area contributed by atoms with Gasteiger partial charge < -0.3 is 5.32 Å². The molecule has 1 aliphatic rings. The molecule has 1 fully saturated rings. The molecule has 112 valence electrons. The van der Waals surface area contributed by atoms with Crippen LogP contribution in [0.15, 0.2) is 18.2 Å². The Morgan fingerprint density at radius 3 is 2.70 bits per heavy atom. The zero-order chi connectivity index (χ0) is 14.5. The highest BCUT2D eigenvalue weighted by Crippen LogP contribution is 2.34. The minimum atomic E-state index is 0.667. The average molecular weight is 294 g/mol. The van der Waals surface area contributed by atoms with Crippen LogP contribution in [0.2, 0.25) is 5.02 Å². The van der Waals surface area contributed by atoms with Crippen LogP contribution in [0.25, 0.3) is 0 Å². The fourth-order valence-electron chi connectivity index (χ4n) is 3.59. The molecule has 2 rings (SSSR count). The van der Waals surface area contributed by atoms with Crippen molar-refractivity contribution in [3.05, 3.63) is 34.3 Å². The number of hydrogen-bond acceptors (Lipinski definition) is 1. The standard InChI is InChI=1S/C18H28ClN/c1-4-14-7-9-18(20-5-2)16(11-14)12-15-8-6-13(3)10-17(15)19/h6,8,10,14,16,18,20H,4-5,7,9,11-12H2,1-3H3. The van der Waals surface area contributed by atoms with Crippen LogP contribution < -0.4 is 5.32 Å². The maximum Gasteiger partial charge on any atom is 0.0440 e. The molecule has 0 spiro atoms. The second kappa shape index (κ2) is 7.47. The van der Waals surface area contributed by atoms with E-state index in [9.17, 15) is 0 Å². The molecule has 0 amide bonds. The van der Waals surface area contributed by atoms with Crippen molar-refractivity contribution < 1.29 is 0 Å². The van der Waals surface area contributed by atoms with Gasteiger partial charge in [-0.2, -0.15) is 0 Å².